The molecule has 0 radical (unpaired) electrons. The van der Waals surface area contributed by atoms with Gasteiger partial charge in [-0.05, 0) is 29.8 Å². The predicted octanol–water partition coefficient (Wildman–Crippen LogP) is 4.55. The zero-order valence-electron chi connectivity index (χ0n) is 16.3. The fourth-order valence-electron chi connectivity index (χ4n) is 3.44. The number of hydrogen-bond donors (Lipinski definition) is 1. The molecule has 0 aliphatic heterocycles. The summed E-state index contributed by atoms with van der Waals surface area (Å²) < 4.78 is 2.15. The van der Waals surface area contributed by atoms with Crippen molar-refractivity contribution in [1.82, 2.24) is 24.5 Å². The van der Waals surface area contributed by atoms with E-state index in [9.17, 15) is 0 Å². The van der Waals surface area contributed by atoms with Gasteiger partial charge in [0.25, 0.3) is 0 Å². The lowest BCUT2D eigenvalue weighted by Gasteiger charge is -2.12. The molecule has 0 atom stereocenters. The molecule has 0 aliphatic carbocycles. The van der Waals surface area contributed by atoms with Crippen LogP contribution >= 0.6 is 0 Å². The van der Waals surface area contributed by atoms with Gasteiger partial charge in [-0.25, -0.2) is 15.0 Å². The normalized spacial score (nSPS) is 10.9. The van der Waals surface area contributed by atoms with Crippen LogP contribution in [0.3, 0.4) is 0 Å². The molecule has 6 nitrogen and oxygen atoms in total. The number of pyridine rings is 1. The van der Waals surface area contributed by atoms with Crippen molar-refractivity contribution in [3.05, 3.63) is 103 Å². The molecule has 0 saturated heterocycles. The van der Waals surface area contributed by atoms with Gasteiger partial charge in [-0.1, -0.05) is 42.5 Å². The van der Waals surface area contributed by atoms with Gasteiger partial charge in [0, 0.05) is 42.3 Å². The maximum absolute atomic E-state index is 4.80. The van der Waals surface area contributed by atoms with Gasteiger partial charge in [0.2, 0.25) is 0 Å². The lowest BCUT2D eigenvalue weighted by Crippen LogP contribution is -2.11. The van der Waals surface area contributed by atoms with Gasteiger partial charge >= 0.3 is 0 Å². The predicted molar refractivity (Wildman–Crippen MR) is 118 cm³/mol. The first kappa shape index (κ1) is 18.0. The first-order valence-electron chi connectivity index (χ1n) is 9.82. The van der Waals surface area contributed by atoms with Gasteiger partial charge in [-0.15, -0.1) is 0 Å². The fraction of sp³-hybridized carbons (Fsp3) is 0.0833. The first-order valence-corrected chi connectivity index (χ1v) is 9.82. The van der Waals surface area contributed by atoms with Crippen molar-refractivity contribution in [1.29, 1.82) is 0 Å². The van der Waals surface area contributed by atoms with Crippen LogP contribution in [0.5, 0.6) is 0 Å². The Morgan fingerprint density at radius 2 is 1.60 bits per heavy atom. The van der Waals surface area contributed by atoms with Crippen molar-refractivity contribution in [2.24, 2.45) is 0 Å². The highest BCUT2D eigenvalue weighted by Crippen LogP contribution is 2.25. The number of para-hydroxylation sites is 1. The summed E-state index contributed by atoms with van der Waals surface area (Å²) in [6, 6.07) is 22.2. The van der Waals surface area contributed by atoms with E-state index < -0.39 is 0 Å². The van der Waals surface area contributed by atoms with Crippen molar-refractivity contribution < 1.29 is 0 Å². The van der Waals surface area contributed by atoms with E-state index in [0.29, 0.717) is 12.4 Å². The molecule has 0 fully saturated rings. The molecule has 2 aromatic carbocycles. The summed E-state index contributed by atoms with van der Waals surface area (Å²) in [5.74, 6) is 2.42. The second-order valence-electron chi connectivity index (χ2n) is 6.96. The Morgan fingerprint density at radius 3 is 2.47 bits per heavy atom. The van der Waals surface area contributed by atoms with Gasteiger partial charge in [-0.3, -0.25) is 4.98 Å². The third-order valence-corrected chi connectivity index (χ3v) is 4.95. The standard InChI is InChI=1S/C24H20N6/c1-2-6-18(7-3-1)17-30-15-14-26-22(30)16-27-24-20-8-4-5-9-21(20)28-23(29-24)19-10-12-25-13-11-19/h1-15H,16-17H2,(H,27,28,29). The van der Waals surface area contributed by atoms with Crippen LogP contribution in [0.15, 0.2) is 91.5 Å². The maximum Gasteiger partial charge on any atom is 0.162 e. The molecule has 5 aromatic rings. The molecule has 1 N–H and O–H groups in total. The Bertz CT molecular complexity index is 1260. The number of nitrogens with zero attached hydrogens (tertiary/aromatic N) is 5. The molecule has 3 heterocycles. The molecule has 0 amide bonds. The van der Waals surface area contributed by atoms with Crippen LogP contribution in [0, 0.1) is 0 Å². The quantitative estimate of drug-likeness (QED) is 0.459. The number of fused-ring (bicyclic) bond motifs is 1. The fourth-order valence-corrected chi connectivity index (χ4v) is 3.44. The van der Waals surface area contributed by atoms with Crippen molar-refractivity contribution in [2.75, 3.05) is 5.32 Å². The zero-order chi connectivity index (χ0) is 20.2. The monoisotopic (exact) mass is 392 g/mol. The summed E-state index contributed by atoms with van der Waals surface area (Å²) in [5, 5.41) is 4.46. The van der Waals surface area contributed by atoms with Crippen LogP contribution in [-0.2, 0) is 13.1 Å². The van der Waals surface area contributed by atoms with Crippen LogP contribution in [-0.4, -0.2) is 24.5 Å². The smallest absolute Gasteiger partial charge is 0.162 e. The number of rotatable bonds is 6. The number of imidazole rings is 1. The van der Waals surface area contributed by atoms with E-state index in [4.69, 9.17) is 9.97 Å². The minimum absolute atomic E-state index is 0.566. The molecule has 0 bridgehead atoms. The first-order chi connectivity index (χ1) is 14.9. The Kier molecular flexibility index (Phi) is 4.88. The molecule has 0 aliphatic rings. The van der Waals surface area contributed by atoms with Crippen LogP contribution in [0.2, 0.25) is 0 Å². The Balaban J connectivity index is 1.44. The average molecular weight is 392 g/mol. The van der Waals surface area contributed by atoms with Crippen molar-refractivity contribution in [3.63, 3.8) is 0 Å². The van der Waals surface area contributed by atoms with Gasteiger partial charge in [0.15, 0.2) is 5.82 Å². The molecular weight excluding hydrogens is 372 g/mol. The number of anilines is 1. The van der Waals surface area contributed by atoms with E-state index >= 15 is 0 Å². The van der Waals surface area contributed by atoms with Gasteiger partial charge in [0.1, 0.15) is 11.6 Å². The summed E-state index contributed by atoms with van der Waals surface area (Å²) >= 11 is 0. The lowest BCUT2D eigenvalue weighted by atomic mass is 10.2. The second-order valence-corrected chi connectivity index (χ2v) is 6.96. The molecule has 0 saturated carbocycles. The molecule has 6 heteroatoms. The van der Waals surface area contributed by atoms with Crippen LogP contribution in [0.4, 0.5) is 5.82 Å². The third-order valence-electron chi connectivity index (χ3n) is 4.95. The largest absolute Gasteiger partial charge is 0.362 e. The van der Waals surface area contributed by atoms with Crippen LogP contribution in [0.25, 0.3) is 22.3 Å². The summed E-state index contributed by atoms with van der Waals surface area (Å²) in [6.07, 6.45) is 7.34. The van der Waals surface area contributed by atoms with Crippen molar-refractivity contribution in [3.8, 4) is 11.4 Å². The molecule has 5 rings (SSSR count). The molecule has 146 valence electrons. The maximum atomic E-state index is 4.80. The number of benzene rings is 2. The number of hydrogen-bond acceptors (Lipinski definition) is 5. The van der Waals surface area contributed by atoms with Gasteiger partial charge < -0.3 is 9.88 Å². The van der Waals surface area contributed by atoms with E-state index in [2.05, 4.69) is 44.1 Å². The van der Waals surface area contributed by atoms with Crippen molar-refractivity contribution >= 4 is 16.7 Å². The lowest BCUT2D eigenvalue weighted by molar-refractivity contribution is 0.735. The Morgan fingerprint density at radius 1 is 0.800 bits per heavy atom. The highest BCUT2D eigenvalue weighted by Gasteiger charge is 2.11. The Labute approximate surface area is 174 Å². The molecule has 3 aromatic heterocycles. The molecular formula is C24H20N6. The highest BCUT2D eigenvalue weighted by atomic mass is 15.1. The second kappa shape index (κ2) is 8.13. The summed E-state index contributed by atoms with van der Waals surface area (Å²) in [6.45, 7) is 1.35. The van der Waals surface area contributed by atoms with E-state index in [1.807, 2.05) is 54.9 Å². The average Bonchev–Trinajstić information content (AvgIpc) is 3.25. The minimum atomic E-state index is 0.566. The summed E-state index contributed by atoms with van der Waals surface area (Å²) in [5.41, 5.74) is 3.07. The molecule has 0 spiro atoms. The minimum Gasteiger partial charge on any atom is -0.362 e. The van der Waals surface area contributed by atoms with Crippen molar-refractivity contribution in [2.45, 2.75) is 13.1 Å². The van der Waals surface area contributed by atoms with E-state index in [-0.39, 0.29) is 0 Å². The number of aromatic nitrogens is 5. The SMILES string of the molecule is c1ccc(Cn2ccnc2CNc2nc(-c3ccncc3)nc3ccccc23)cc1. The van der Waals surface area contributed by atoms with E-state index in [1.165, 1.54) is 5.56 Å². The summed E-state index contributed by atoms with van der Waals surface area (Å²) in [4.78, 5) is 18.1. The zero-order valence-corrected chi connectivity index (χ0v) is 16.3. The van der Waals surface area contributed by atoms with Crippen LogP contribution < -0.4 is 5.32 Å². The van der Waals surface area contributed by atoms with Crippen LogP contribution in [0.1, 0.15) is 11.4 Å². The summed E-state index contributed by atoms with van der Waals surface area (Å²) in [7, 11) is 0. The Hall–Kier alpha value is -4.06. The van der Waals surface area contributed by atoms with E-state index in [0.717, 1.165) is 34.7 Å². The number of nitrogens with one attached hydrogen (secondary N) is 1. The topological polar surface area (TPSA) is 68.5 Å². The third kappa shape index (κ3) is 3.75. The van der Waals surface area contributed by atoms with Gasteiger partial charge in [-0.2, -0.15) is 0 Å². The van der Waals surface area contributed by atoms with E-state index in [1.54, 1.807) is 12.4 Å². The molecule has 0 unspecified atom stereocenters. The molecule has 30 heavy (non-hydrogen) atoms. The van der Waals surface area contributed by atoms with Gasteiger partial charge in [0.05, 0.1) is 12.1 Å². The highest BCUT2D eigenvalue weighted by molar-refractivity contribution is 5.90.